The Labute approximate surface area is 218 Å². The molecule has 2 atom stereocenters. The van der Waals surface area contributed by atoms with Gasteiger partial charge in [-0.25, -0.2) is 4.68 Å². The molecule has 10 nitrogen and oxygen atoms in total. The van der Waals surface area contributed by atoms with Crippen molar-refractivity contribution in [1.29, 1.82) is 0 Å². The van der Waals surface area contributed by atoms with Gasteiger partial charge in [0.1, 0.15) is 11.4 Å². The summed E-state index contributed by atoms with van der Waals surface area (Å²) in [5.74, 6) is 1.48. The van der Waals surface area contributed by atoms with Gasteiger partial charge in [0.15, 0.2) is 5.78 Å². The van der Waals surface area contributed by atoms with Gasteiger partial charge in [0.2, 0.25) is 5.88 Å². The molecule has 1 amide bonds. The molecule has 0 N–H and O–H groups in total. The molecule has 2 unspecified atom stereocenters. The van der Waals surface area contributed by atoms with Crippen molar-refractivity contribution in [3.63, 3.8) is 0 Å². The summed E-state index contributed by atoms with van der Waals surface area (Å²) in [6.45, 7) is 17.5. The van der Waals surface area contributed by atoms with Crippen molar-refractivity contribution in [2.45, 2.75) is 93.1 Å². The van der Waals surface area contributed by atoms with E-state index in [2.05, 4.69) is 22.2 Å². The lowest BCUT2D eigenvalue weighted by molar-refractivity contribution is 0.0640. The van der Waals surface area contributed by atoms with Crippen LogP contribution < -0.4 is 4.74 Å². The number of nitrogens with zero attached hydrogens (tertiary/aromatic N) is 7. The standard InChI is InChI=1S/C10H15N3O.C9H12N2O.C8H12N2O/c1-7(2)12-4-5-13-9(10(12)14)8(3)6-11-13;1-6-3-4-11-8(9(6)12)7(2)5-10-11;1-6-5-9-10-4-3-7(2)11-8(6)10/h6-7H,4-5H2,1-3H3;5-6H,3-4H2,1-2H3;5,7H,3-4H2,1-2H3. The van der Waals surface area contributed by atoms with Crippen molar-refractivity contribution in [2.24, 2.45) is 5.92 Å². The number of carbonyl (C=O) groups excluding carboxylic acids is 2. The maximum atomic E-state index is 12.0. The molecule has 0 radical (unpaired) electrons. The summed E-state index contributed by atoms with van der Waals surface area (Å²) >= 11 is 0. The minimum Gasteiger partial charge on any atom is -0.475 e. The number of ether oxygens (including phenoxy) is 1. The Morgan fingerprint density at radius 2 is 1.35 bits per heavy atom. The van der Waals surface area contributed by atoms with E-state index in [1.54, 1.807) is 17.1 Å². The lowest BCUT2D eigenvalue weighted by Gasteiger charge is -2.31. The number of aromatic nitrogens is 6. The Bertz CT molecular complexity index is 1270. The summed E-state index contributed by atoms with van der Waals surface area (Å²) in [5.41, 5.74) is 4.68. The van der Waals surface area contributed by atoms with E-state index < -0.39 is 0 Å². The van der Waals surface area contributed by atoms with Gasteiger partial charge < -0.3 is 9.64 Å². The summed E-state index contributed by atoms with van der Waals surface area (Å²) in [7, 11) is 0. The first-order valence-corrected chi connectivity index (χ1v) is 13.2. The van der Waals surface area contributed by atoms with Crippen LogP contribution in [0.25, 0.3) is 0 Å². The Hall–Kier alpha value is -3.43. The Morgan fingerprint density at radius 1 is 0.784 bits per heavy atom. The summed E-state index contributed by atoms with van der Waals surface area (Å²) in [6.07, 6.45) is 7.72. The zero-order valence-corrected chi connectivity index (χ0v) is 23.1. The van der Waals surface area contributed by atoms with E-state index in [0.29, 0.717) is 6.10 Å². The number of rotatable bonds is 1. The fourth-order valence-corrected chi connectivity index (χ4v) is 4.84. The first-order chi connectivity index (χ1) is 17.6. The average Bonchev–Trinajstić information content (AvgIpc) is 3.55. The first-order valence-electron chi connectivity index (χ1n) is 13.2. The number of carbonyl (C=O) groups is 2. The van der Waals surface area contributed by atoms with Gasteiger partial charge in [-0.05, 0) is 59.1 Å². The largest absolute Gasteiger partial charge is 0.475 e. The molecule has 0 saturated carbocycles. The van der Waals surface area contributed by atoms with Crippen LogP contribution in [0.2, 0.25) is 0 Å². The van der Waals surface area contributed by atoms with Gasteiger partial charge in [-0.3, -0.25) is 19.0 Å². The Balaban J connectivity index is 0.000000131. The normalized spacial score (nSPS) is 20.2. The maximum absolute atomic E-state index is 12.0. The van der Waals surface area contributed by atoms with E-state index in [1.165, 1.54) is 0 Å². The van der Waals surface area contributed by atoms with E-state index in [4.69, 9.17) is 4.74 Å². The summed E-state index contributed by atoms with van der Waals surface area (Å²) in [6, 6.07) is 0.269. The summed E-state index contributed by atoms with van der Waals surface area (Å²) in [4.78, 5) is 25.5. The monoisotopic (exact) mass is 509 g/mol. The third kappa shape index (κ3) is 5.47. The van der Waals surface area contributed by atoms with E-state index in [9.17, 15) is 9.59 Å². The maximum Gasteiger partial charge on any atom is 0.272 e. The first kappa shape index (κ1) is 26.6. The van der Waals surface area contributed by atoms with Gasteiger partial charge in [0.05, 0.1) is 31.2 Å². The SMILES string of the molecule is Cc1cnn2c1C(=O)C(C)CC2.Cc1cnn2c1C(=O)N(C(C)C)CC2.Cc1cnn2c1OC(C)CC2. The number of aryl methyl sites for hydroxylation is 5. The molecule has 0 aromatic carbocycles. The number of Topliss-reactive ketones (excluding diaryl/α,β-unsaturated/α-hetero) is 1. The van der Waals surface area contributed by atoms with Crippen molar-refractivity contribution < 1.29 is 14.3 Å². The molecule has 10 heteroatoms. The molecule has 37 heavy (non-hydrogen) atoms. The minimum absolute atomic E-state index is 0.112. The minimum atomic E-state index is 0.112. The zero-order chi connectivity index (χ0) is 26.9. The summed E-state index contributed by atoms with van der Waals surface area (Å²) < 4.78 is 11.1. The highest BCUT2D eigenvalue weighted by atomic mass is 16.5. The second-order valence-electron chi connectivity index (χ2n) is 10.5. The number of fused-ring (bicyclic) bond motifs is 3. The number of ketones is 1. The van der Waals surface area contributed by atoms with Crippen LogP contribution in [0.1, 0.15) is 78.2 Å². The molecule has 3 aliphatic heterocycles. The third-order valence-electron chi connectivity index (χ3n) is 7.16. The molecule has 0 bridgehead atoms. The van der Waals surface area contributed by atoms with E-state index in [-0.39, 0.29) is 23.7 Å². The van der Waals surface area contributed by atoms with Crippen LogP contribution in [0.3, 0.4) is 0 Å². The molecular formula is C27H39N7O3. The van der Waals surface area contributed by atoms with Crippen molar-refractivity contribution in [3.8, 4) is 5.88 Å². The van der Waals surface area contributed by atoms with Crippen LogP contribution >= 0.6 is 0 Å². The molecule has 0 aliphatic carbocycles. The Morgan fingerprint density at radius 3 is 2.03 bits per heavy atom. The van der Waals surface area contributed by atoms with Crippen molar-refractivity contribution in [2.75, 3.05) is 6.54 Å². The molecule has 200 valence electrons. The quantitative estimate of drug-likeness (QED) is 0.494. The lowest BCUT2D eigenvalue weighted by Crippen LogP contribution is -2.44. The molecular weight excluding hydrogens is 470 g/mol. The van der Waals surface area contributed by atoms with Gasteiger partial charge in [-0.1, -0.05) is 6.92 Å². The van der Waals surface area contributed by atoms with E-state index >= 15 is 0 Å². The molecule has 0 saturated heterocycles. The molecule has 3 aromatic heterocycles. The number of hydrogen-bond donors (Lipinski definition) is 0. The van der Waals surface area contributed by atoms with Crippen molar-refractivity contribution in [1.82, 2.24) is 34.2 Å². The van der Waals surface area contributed by atoms with Gasteiger partial charge in [-0.15, -0.1) is 0 Å². The molecule has 0 fully saturated rings. The average molecular weight is 510 g/mol. The fraction of sp³-hybridized carbons (Fsp3) is 0.593. The predicted molar refractivity (Wildman–Crippen MR) is 140 cm³/mol. The van der Waals surface area contributed by atoms with Crippen LogP contribution in [-0.2, 0) is 19.6 Å². The van der Waals surface area contributed by atoms with E-state index in [0.717, 1.165) is 73.0 Å². The van der Waals surface area contributed by atoms with Crippen LogP contribution in [0.5, 0.6) is 5.88 Å². The Kier molecular flexibility index (Phi) is 7.85. The highest BCUT2D eigenvalue weighted by Crippen LogP contribution is 2.24. The van der Waals surface area contributed by atoms with Gasteiger partial charge in [-0.2, -0.15) is 15.3 Å². The topological polar surface area (TPSA) is 100 Å². The number of amides is 1. The van der Waals surface area contributed by atoms with Gasteiger partial charge >= 0.3 is 0 Å². The predicted octanol–water partition coefficient (Wildman–Crippen LogP) is 3.83. The number of hydrogen-bond acceptors (Lipinski definition) is 6. The van der Waals surface area contributed by atoms with Crippen LogP contribution in [-0.4, -0.2) is 64.6 Å². The molecule has 3 aliphatic rings. The van der Waals surface area contributed by atoms with Crippen molar-refractivity contribution >= 4 is 11.7 Å². The zero-order valence-electron chi connectivity index (χ0n) is 23.1. The van der Waals surface area contributed by atoms with Crippen LogP contribution in [0.15, 0.2) is 18.6 Å². The highest BCUT2D eigenvalue weighted by molar-refractivity contribution is 5.97. The second-order valence-corrected chi connectivity index (χ2v) is 10.5. The third-order valence-corrected chi connectivity index (χ3v) is 7.16. The lowest BCUT2D eigenvalue weighted by atomic mass is 9.95. The molecule has 0 spiro atoms. The molecule has 6 heterocycles. The van der Waals surface area contributed by atoms with Crippen LogP contribution in [0, 0.1) is 26.7 Å². The highest BCUT2D eigenvalue weighted by Gasteiger charge is 2.28. The van der Waals surface area contributed by atoms with E-state index in [1.807, 2.05) is 62.0 Å². The van der Waals surface area contributed by atoms with Gasteiger partial charge in [0.25, 0.3) is 5.91 Å². The molecule has 6 rings (SSSR count). The molecule has 3 aromatic rings. The second kappa shape index (κ2) is 10.9. The fourth-order valence-electron chi connectivity index (χ4n) is 4.84. The van der Waals surface area contributed by atoms with Crippen molar-refractivity contribution in [3.05, 3.63) is 46.7 Å². The summed E-state index contributed by atoms with van der Waals surface area (Å²) in [5, 5.41) is 12.5. The van der Waals surface area contributed by atoms with Gasteiger partial charge in [0, 0.05) is 43.6 Å². The van der Waals surface area contributed by atoms with Crippen LogP contribution in [0.4, 0.5) is 0 Å². The smallest absolute Gasteiger partial charge is 0.272 e.